The molecule has 2 aromatic rings. The van der Waals surface area contributed by atoms with Crippen molar-refractivity contribution in [2.75, 3.05) is 0 Å². The van der Waals surface area contributed by atoms with Crippen LogP contribution in [0.1, 0.15) is 26.5 Å². The van der Waals surface area contributed by atoms with Gasteiger partial charge in [-0.25, -0.2) is 9.50 Å². The van der Waals surface area contributed by atoms with Crippen molar-refractivity contribution in [1.82, 2.24) is 14.6 Å². The van der Waals surface area contributed by atoms with Gasteiger partial charge in [0.1, 0.15) is 5.15 Å². The molecule has 0 radical (unpaired) electrons. The second kappa shape index (κ2) is 2.95. The molecule has 0 saturated carbocycles. The lowest BCUT2D eigenvalue weighted by molar-refractivity contribution is 0.568. The molecule has 0 aliphatic heterocycles. The summed E-state index contributed by atoms with van der Waals surface area (Å²) >= 11 is 6.07. The molecule has 0 atom stereocenters. The van der Waals surface area contributed by atoms with Crippen LogP contribution < -0.4 is 0 Å². The van der Waals surface area contributed by atoms with Crippen molar-refractivity contribution in [1.29, 1.82) is 0 Å². The summed E-state index contributed by atoms with van der Waals surface area (Å²) < 4.78 is 1.62. The van der Waals surface area contributed by atoms with Gasteiger partial charge in [0.25, 0.3) is 0 Å². The molecule has 0 spiro atoms. The number of rotatable bonds is 0. The van der Waals surface area contributed by atoms with E-state index in [1.807, 2.05) is 12.1 Å². The Kier molecular flexibility index (Phi) is 2.00. The summed E-state index contributed by atoms with van der Waals surface area (Å²) in [6, 6.07) is 3.71. The molecule has 0 unspecified atom stereocenters. The maximum absolute atomic E-state index is 6.07. The monoisotopic (exact) mass is 209 g/mol. The second-order valence-electron chi connectivity index (χ2n) is 4.32. The van der Waals surface area contributed by atoms with Crippen molar-refractivity contribution in [3.8, 4) is 0 Å². The zero-order valence-corrected chi connectivity index (χ0v) is 9.21. The van der Waals surface area contributed by atoms with E-state index in [9.17, 15) is 0 Å². The van der Waals surface area contributed by atoms with E-state index in [0.717, 1.165) is 11.3 Å². The van der Waals surface area contributed by atoms with Crippen LogP contribution in [0.2, 0.25) is 5.15 Å². The first kappa shape index (κ1) is 9.46. The Labute approximate surface area is 87.7 Å². The molecule has 0 N–H and O–H groups in total. The van der Waals surface area contributed by atoms with Gasteiger partial charge in [0.15, 0.2) is 5.65 Å². The number of hydrogen-bond acceptors (Lipinski definition) is 2. The molecule has 4 heteroatoms. The minimum atomic E-state index is 0.00958. The van der Waals surface area contributed by atoms with Crippen LogP contribution in [0.15, 0.2) is 18.3 Å². The third-order valence-electron chi connectivity index (χ3n) is 2.08. The fourth-order valence-electron chi connectivity index (χ4n) is 1.26. The average Bonchev–Trinajstić information content (AvgIpc) is 2.50. The first-order valence-corrected chi connectivity index (χ1v) is 4.87. The predicted octanol–water partition coefficient (Wildman–Crippen LogP) is 2.68. The van der Waals surface area contributed by atoms with E-state index in [0.29, 0.717) is 5.15 Å². The molecule has 0 aromatic carbocycles. The zero-order valence-electron chi connectivity index (χ0n) is 8.45. The van der Waals surface area contributed by atoms with E-state index in [2.05, 4.69) is 30.9 Å². The van der Waals surface area contributed by atoms with Gasteiger partial charge >= 0.3 is 0 Å². The van der Waals surface area contributed by atoms with Gasteiger partial charge in [0.2, 0.25) is 0 Å². The maximum Gasteiger partial charge on any atom is 0.156 e. The number of halogens is 1. The molecule has 2 rings (SSSR count). The van der Waals surface area contributed by atoms with E-state index in [1.165, 1.54) is 0 Å². The van der Waals surface area contributed by atoms with E-state index in [-0.39, 0.29) is 5.41 Å². The standard InChI is InChI=1S/C10H12ClN3/c1-10(2,3)7-6-8(11)14-9(13-7)4-5-12-14/h4-6H,1-3H3. The fraction of sp³-hybridized carbons (Fsp3) is 0.400. The smallest absolute Gasteiger partial charge is 0.156 e. The molecular formula is C10H12ClN3. The Balaban J connectivity index is 2.70. The van der Waals surface area contributed by atoms with Crippen LogP contribution in [0.5, 0.6) is 0 Å². The summed E-state index contributed by atoms with van der Waals surface area (Å²) in [7, 11) is 0. The summed E-state index contributed by atoms with van der Waals surface area (Å²) in [5, 5.41) is 4.67. The number of nitrogens with zero attached hydrogens (tertiary/aromatic N) is 3. The molecule has 0 fully saturated rings. The molecule has 0 bridgehead atoms. The van der Waals surface area contributed by atoms with E-state index in [1.54, 1.807) is 10.7 Å². The molecule has 0 amide bonds. The maximum atomic E-state index is 6.07. The van der Waals surface area contributed by atoms with Crippen LogP contribution in [-0.2, 0) is 5.41 Å². The van der Waals surface area contributed by atoms with Crippen molar-refractivity contribution in [2.45, 2.75) is 26.2 Å². The summed E-state index contributed by atoms with van der Waals surface area (Å²) in [5.74, 6) is 0. The minimum Gasteiger partial charge on any atom is -0.233 e. The molecule has 74 valence electrons. The van der Waals surface area contributed by atoms with Crippen LogP contribution in [0.4, 0.5) is 0 Å². The van der Waals surface area contributed by atoms with Gasteiger partial charge in [-0.3, -0.25) is 0 Å². The minimum absolute atomic E-state index is 0.00958. The van der Waals surface area contributed by atoms with Gasteiger partial charge in [-0.2, -0.15) is 5.10 Å². The Morgan fingerprint density at radius 1 is 1.36 bits per heavy atom. The van der Waals surface area contributed by atoms with Gasteiger partial charge in [0, 0.05) is 11.5 Å². The lowest BCUT2D eigenvalue weighted by Gasteiger charge is -2.17. The lowest BCUT2D eigenvalue weighted by atomic mass is 9.92. The van der Waals surface area contributed by atoms with Gasteiger partial charge in [-0.05, 0) is 6.07 Å². The molecule has 0 aliphatic carbocycles. The first-order chi connectivity index (χ1) is 6.48. The molecule has 14 heavy (non-hydrogen) atoms. The van der Waals surface area contributed by atoms with Crippen LogP contribution in [0, 0.1) is 0 Å². The van der Waals surface area contributed by atoms with Crippen LogP contribution in [0.25, 0.3) is 5.65 Å². The van der Waals surface area contributed by atoms with E-state index < -0.39 is 0 Å². The topological polar surface area (TPSA) is 30.2 Å². The molecule has 3 nitrogen and oxygen atoms in total. The third kappa shape index (κ3) is 1.48. The predicted molar refractivity (Wildman–Crippen MR) is 56.7 cm³/mol. The normalized spacial score (nSPS) is 12.3. The third-order valence-corrected chi connectivity index (χ3v) is 2.35. The molecular weight excluding hydrogens is 198 g/mol. The number of fused-ring (bicyclic) bond motifs is 1. The summed E-state index contributed by atoms with van der Waals surface area (Å²) in [4.78, 5) is 4.48. The highest BCUT2D eigenvalue weighted by molar-refractivity contribution is 6.29. The van der Waals surface area contributed by atoms with Gasteiger partial charge in [-0.1, -0.05) is 32.4 Å². The highest BCUT2D eigenvalue weighted by atomic mass is 35.5. The lowest BCUT2D eigenvalue weighted by Crippen LogP contribution is -2.14. The average molecular weight is 210 g/mol. The Hall–Kier alpha value is -1.09. The summed E-state index contributed by atoms with van der Waals surface area (Å²) in [5.41, 5.74) is 1.79. The highest BCUT2D eigenvalue weighted by Crippen LogP contribution is 2.23. The van der Waals surface area contributed by atoms with Crippen LogP contribution in [0.3, 0.4) is 0 Å². The van der Waals surface area contributed by atoms with Gasteiger partial charge in [-0.15, -0.1) is 0 Å². The quantitative estimate of drug-likeness (QED) is 0.625. The Morgan fingerprint density at radius 3 is 2.71 bits per heavy atom. The zero-order chi connectivity index (χ0) is 10.3. The first-order valence-electron chi connectivity index (χ1n) is 4.49. The van der Waals surface area contributed by atoms with Crippen molar-refractivity contribution < 1.29 is 0 Å². The van der Waals surface area contributed by atoms with Crippen molar-refractivity contribution in [3.63, 3.8) is 0 Å². The van der Waals surface area contributed by atoms with Crippen molar-refractivity contribution >= 4 is 17.2 Å². The molecule has 2 aromatic heterocycles. The van der Waals surface area contributed by atoms with Crippen molar-refractivity contribution in [3.05, 3.63) is 29.2 Å². The Bertz CT molecular complexity index is 468. The van der Waals surface area contributed by atoms with Gasteiger partial charge < -0.3 is 0 Å². The molecule has 0 aliphatic rings. The number of aromatic nitrogens is 3. The SMILES string of the molecule is CC(C)(C)c1cc(Cl)n2nccc2n1. The van der Waals surface area contributed by atoms with Crippen molar-refractivity contribution in [2.24, 2.45) is 0 Å². The second-order valence-corrected chi connectivity index (χ2v) is 4.70. The highest BCUT2D eigenvalue weighted by Gasteiger charge is 2.17. The summed E-state index contributed by atoms with van der Waals surface area (Å²) in [6.07, 6.45) is 1.70. The molecule has 2 heterocycles. The van der Waals surface area contributed by atoms with Crippen LogP contribution in [-0.4, -0.2) is 14.6 Å². The Morgan fingerprint density at radius 2 is 2.07 bits per heavy atom. The fourth-order valence-corrected chi connectivity index (χ4v) is 1.49. The van der Waals surface area contributed by atoms with E-state index >= 15 is 0 Å². The van der Waals surface area contributed by atoms with Gasteiger partial charge in [0.05, 0.1) is 11.9 Å². The summed E-state index contributed by atoms with van der Waals surface area (Å²) in [6.45, 7) is 6.33. The largest absolute Gasteiger partial charge is 0.233 e. The number of hydrogen-bond donors (Lipinski definition) is 0. The van der Waals surface area contributed by atoms with Crippen LogP contribution >= 0.6 is 11.6 Å². The van der Waals surface area contributed by atoms with E-state index in [4.69, 9.17) is 11.6 Å². The molecule has 0 saturated heterocycles.